The van der Waals surface area contributed by atoms with Crippen LogP contribution >= 0.6 is 0 Å². The highest BCUT2D eigenvalue weighted by Crippen LogP contribution is 2.57. The average molecular weight is 985 g/mol. The summed E-state index contributed by atoms with van der Waals surface area (Å²) in [5.41, 5.74) is 10.8. The zero-order valence-corrected chi connectivity index (χ0v) is 43.6. The highest BCUT2D eigenvalue weighted by atomic mass is 16.6. The van der Waals surface area contributed by atoms with Crippen molar-refractivity contribution in [2.45, 2.75) is 107 Å². The second-order valence-corrected chi connectivity index (χ2v) is 22.6. The van der Waals surface area contributed by atoms with E-state index in [1.807, 2.05) is 0 Å². The van der Waals surface area contributed by atoms with Crippen LogP contribution in [0.15, 0.2) is 170 Å². The zero-order chi connectivity index (χ0) is 50.8. The van der Waals surface area contributed by atoms with Crippen LogP contribution in [0.1, 0.15) is 122 Å². The lowest BCUT2D eigenvalue weighted by Gasteiger charge is -2.34. The van der Waals surface area contributed by atoms with Gasteiger partial charge in [-0.25, -0.2) is 0 Å². The van der Waals surface area contributed by atoms with Crippen molar-refractivity contribution in [3.05, 3.63) is 225 Å². The van der Waals surface area contributed by atoms with Crippen LogP contribution in [-0.4, -0.2) is 63.1 Å². The van der Waals surface area contributed by atoms with Gasteiger partial charge in [0.25, 0.3) is 0 Å². The van der Waals surface area contributed by atoms with Crippen LogP contribution in [0.3, 0.4) is 0 Å². The second kappa shape index (κ2) is 19.1. The zero-order valence-electron chi connectivity index (χ0n) is 43.6. The number of hydrogen-bond acceptors (Lipinski definition) is 7. The Hall–Kier alpha value is -6.32. The van der Waals surface area contributed by atoms with Crippen LogP contribution in [0.25, 0.3) is 21.5 Å². The molecule has 2 heterocycles. The van der Waals surface area contributed by atoms with Crippen LogP contribution in [0.2, 0.25) is 0 Å². The Bertz CT molecular complexity index is 3300. The molecule has 74 heavy (non-hydrogen) atoms. The fourth-order valence-electron chi connectivity index (χ4n) is 12.4. The molecule has 0 radical (unpaired) electrons. The minimum absolute atomic E-state index is 0.102. The molecule has 378 valence electrons. The SMILES string of the molecule is CC1CC(c2ccc(OCC3CO3)cc2)(c2ccc(C(C)(C)OCC(O)COc3ccc(C4(c5ccc(C(C)(C)OCC6CO6)cc5)CC(C)c5cc6ccccc6cc54)cc3)cc2)c2cc3ccccc3cc21. The maximum atomic E-state index is 11.3. The van der Waals surface area contributed by atoms with Crippen LogP contribution < -0.4 is 9.47 Å². The van der Waals surface area contributed by atoms with Crippen molar-refractivity contribution in [3.8, 4) is 11.5 Å². The lowest BCUT2D eigenvalue weighted by Crippen LogP contribution is -2.31. The fourth-order valence-corrected chi connectivity index (χ4v) is 12.4. The van der Waals surface area contributed by atoms with Crippen LogP contribution in [0.5, 0.6) is 11.5 Å². The van der Waals surface area contributed by atoms with Gasteiger partial charge in [0.05, 0.1) is 37.6 Å². The Balaban J connectivity index is 0.752. The Kier molecular flexibility index (Phi) is 12.6. The van der Waals surface area contributed by atoms with E-state index in [1.165, 1.54) is 66.1 Å². The third-order valence-electron chi connectivity index (χ3n) is 16.8. The van der Waals surface area contributed by atoms with Gasteiger partial charge in [-0.05, 0) is 166 Å². The molecule has 2 saturated heterocycles. The molecule has 0 saturated carbocycles. The van der Waals surface area contributed by atoms with Crippen LogP contribution in [-0.2, 0) is 41.0 Å². The minimum Gasteiger partial charge on any atom is -0.491 e. The molecule has 8 aromatic carbocycles. The second-order valence-electron chi connectivity index (χ2n) is 22.6. The third-order valence-corrected chi connectivity index (χ3v) is 16.8. The van der Waals surface area contributed by atoms with E-state index in [1.54, 1.807) is 0 Å². The monoisotopic (exact) mass is 984 g/mol. The average Bonchev–Trinajstić information content (AvgIpc) is 4.38. The molecule has 0 aromatic heterocycles. The molecule has 12 rings (SSSR count). The van der Waals surface area contributed by atoms with Crippen molar-refractivity contribution in [1.29, 1.82) is 0 Å². The first-order valence-electron chi connectivity index (χ1n) is 26.7. The van der Waals surface area contributed by atoms with Gasteiger partial charge < -0.3 is 33.5 Å². The summed E-state index contributed by atoms with van der Waals surface area (Å²) in [6.45, 7) is 16.1. The van der Waals surface area contributed by atoms with Crippen LogP contribution in [0.4, 0.5) is 0 Å². The molecule has 1 N–H and O–H groups in total. The lowest BCUT2D eigenvalue weighted by atomic mass is 9.69. The van der Waals surface area contributed by atoms with Crippen molar-refractivity contribution >= 4 is 21.5 Å². The topological polar surface area (TPSA) is 82.2 Å². The molecule has 0 amide bonds. The van der Waals surface area contributed by atoms with Gasteiger partial charge in [-0.15, -0.1) is 0 Å². The maximum Gasteiger partial charge on any atom is 0.119 e. The van der Waals surface area contributed by atoms with Gasteiger partial charge in [-0.1, -0.05) is 147 Å². The van der Waals surface area contributed by atoms with Crippen LogP contribution in [0, 0.1) is 0 Å². The minimum atomic E-state index is -0.836. The summed E-state index contributed by atoms with van der Waals surface area (Å²) in [5, 5.41) is 16.4. The summed E-state index contributed by atoms with van der Waals surface area (Å²) in [6, 6.07) is 62.3. The number of epoxide rings is 2. The van der Waals surface area contributed by atoms with Crippen molar-refractivity contribution in [1.82, 2.24) is 0 Å². The van der Waals surface area contributed by atoms with E-state index in [-0.39, 0.29) is 36.3 Å². The van der Waals surface area contributed by atoms with Gasteiger partial charge in [0.2, 0.25) is 0 Å². The summed E-state index contributed by atoms with van der Waals surface area (Å²) in [4.78, 5) is 0. The normalized spacial score (nSPS) is 23.4. The summed E-state index contributed by atoms with van der Waals surface area (Å²) in [5.74, 6) is 2.27. The molecule has 4 aliphatic rings. The van der Waals surface area contributed by atoms with E-state index in [2.05, 4.69) is 211 Å². The Labute approximate surface area is 436 Å². The third kappa shape index (κ3) is 9.11. The predicted molar refractivity (Wildman–Crippen MR) is 294 cm³/mol. The Morgan fingerprint density at radius 1 is 0.486 bits per heavy atom. The number of benzene rings is 8. The highest BCUT2D eigenvalue weighted by molar-refractivity contribution is 5.87. The van der Waals surface area contributed by atoms with Gasteiger partial charge in [-0.3, -0.25) is 0 Å². The molecule has 2 aliphatic carbocycles. The maximum absolute atomic E-state index is 11.3. The van der Waals surface area contributed by atoms with Gasteiger partial charge in [0.15, 0.2) is 0 Å². The van der Waals surface area contributed by atoms with Crippen molar-refractivity contribution in [3.63, 3.8) is 0 Å². The van der Waals surface area contributed by atoms with Crippen molar-refractivity contribution < 1.29 is 33.5 Å². The first-order valence-corrected chi connectivity index (χ1v) is 26.7. The van der Waals surface area contributed by atoms with E-state index in [0.717, 1.165) is 42.9 Å². The molecule has 7 nitrogen and oxygen atoms in total. The van der Waals surface area contributed by atoms with E-state index in [0.29, 0.717) is 30.8 Å². The predicted octanol–water partition coefficient (Wildman–Crippen LogP) is 13.8. The summed E-state index contributed by atoms with van der Waals surface area (Å²) >= 11 is 0. The van der Waals surface area contributed by atoms with E-state index >= 15 is 0 Å². The summed E-state index contributed by atoms with van der Waals surface area (Å²) in [7, 11) is 0. The first-order chi connectivity index (χ1) is 35.8. The molecule has 7 atom stereocenters. The van der Waals surface area contributed by atoms with Gasteiger partial charge in [0, 0.05) is 10.8 Å². The number of ether oxygens (including phenoxy) is 6. The Morgan fingerprint density at radius 3 is 1.30 bits per heavy atom. The van der Waals surface area contributed by atoms with Gasteiger partial charge >= 0.3 is 0 Å². The smallest absolute Gasteiger partial charge is 0.119 e. The molecule has 7 unspecified atom stereocenters. The molecule has 8 aromatic rings. The lowest BCUT2D eigenvalue weighted by molar-refractivity contribution is -0.0717. The van der Waals surface area contributed by atoms with Gasteiger partial charge in [0.1, 0.15) is 43.0 Å². The molecule has 0 bridgehead atoms. The largest absolute Gasteiger partial charge is 0.491 e. The fraction of sp³-hybridized carbons (Fsp3) is 0.343. The molecule has 7 heteroatoms. The number of hydrogen-bond donors (Lipinski definition) is 1. The van der Waals surface area contributed by atoms with Gasteiger partial charge in [-0.2, -0.15) is 0 Å². The summed E-state index contributed by atoms with van der Waals surface area (Å²) in [6.07, 6.45) is 1.47. The number of aliphatic hydroxyl groups is 1. The van der Waals surface area contributed by atoms with Crippen molar-refractivity contribution in [2.75, 3.05) is 39.6 Å². The van der Waals surface area contributed by atoms with Crippen molar-refractivity contribution in [2.24, 2.45) is 0 Å². The van der Waals surface area contributed by atoms with E-state index < -0.39 is 17.3 Å². The summed E-state index contributed by atoms with van der Waals surface area (Å²) < 4.78 is 36.1. The van der Waals surface area contributed by atoms with E-state index in [4.69, 9.17) is 28.4 Å². The first kappa shape index (κ1) is 48.6. The molecule has 2 fully saturated rings. The Morgan fingerprint density at radius 2 is 0.865 bits per heavy atom. The number of aliphatic hydroxyl groups excluding tert-OH is 1. The van der Waals surface area contributed by atoms with E-state index in [9.17, 15) is 5.11 Å². The molecule has 2 aliphatic heterocycles. The molecular formula is C67H68O7. The molecule has 0 spiro atoms. The number of rotatable bonds is 18. The molecular weight excluding hydrogens is 917 g/mol. The number of fused-ring (bicyclic) bond motifs is 4. The standard InChI is InChI=1S/C67H68O7/c1-43-35-66(62-33-47-13-9-7-11-45(47)31-60(43)62,52-21-17-50(18-22-52)65(5,6)74-42-59-41-72-59)53-23-27-56(28-24-53)69-37-55(68)38-73-64(3,4)49-15-19-51(20-16-49)67(54-25-29-57(30-26-54)70-39-58-40-71-58)36-44(2)61-32-46-12-8-10-14-48(46)34-63(61)67/h7-34,43-44,55,58-59,68H,35-42H2,1-6H3. The highest BCUT2D eigenvalue weighted by Gasteiger charge is 2.47. The quantitative estimate of drug-likeness (QED) is 0.0858.